The number of carboxylic acid groups (broad SMARTS) is 1. The minimum Gasteiger partial charge on any atom is -0.481 e. The van der Waals surface area contributed by atoms with Gasteiger partial charge in [0, 0.05) is 24.2 Å². The van der Waals surface area contributed by atoms with Crippen LogP contribution in [-0.4, -0.2) is 69.1 Å². The van der Waals surface area contributed by atoms with Crippen molar-refractivity contribution in [3.63, 3.8) is 0 Å². The second kappa shape index (κ2) is 13.6. The molecule has 11 nitrogen and oxygen atoms in total. The summed E-state index contributed by atoms with van der Waals surface area (Å²) < 4.78 is 0. The van der Waals surface area contributed by atoms with Crippen molar-refractivity contribution in [2.45, 2.75) is 31.7 Å². The van der Waals surface area contributed by atoms with Crippen LogP contribution >= 0.6 is 0 Å². The Balaban J connectivity index is 0.00000253. The highest BCUT2D eigenvalue weighted by Gasteiger charge is 2.53. The molecule has 39 heavy (non-hydrogen) atoms. The van der Waals surface area contributed by atoms with E-state index in [1.165, 1.54) is 4.90 Å². The molecule has 4 rings (SSSR count). The second-order valence-corrected chi connectivity index (χ2v) is 9.42. The van der Waals surface area contributed by atoms with Crippen LogP contribution in [0, 0.1) is 10.8 Å². The summed E-state index contributed by atoms with van der Waals surface area (Å²) in [5, 5.41) is 18.8. The zero-order valence-electron chi connectivity index (χ0n) is 21.4. The van der Waals surface area contributed by atoms with Crippen LogP contribution in [-0.2, 0) is 16.0 Å². The molecule has 210 valence electrons. The van der Waals surface area contributed by atoms with Crippen LogP contribution in [0.15, 0.2) is 66.7 Å². The average Bonchev–Trinajstić information content (AvgIpc) is 3.14. The molecule has 0 radical (unpaired) electrons. The van der Waals surface area contributed by atoms with Crippen molar-refractivity contribution in [2.24, 2.45) is 16.9 Å². The molecule has 0 aromatic heterocycles. The number of hydrogen-bond acceptors (Lipinski definition) is 5. The molecule has 0 aliphatic carbocycles. The lowest BCUT2D eigenvalue weighted by Gasteiger charge is -2.25. The Morgan fingerprint density at radius 2 is 1.59 bits per heavy atom. The molecule has 1 amide bonds. The maximum Gasteiger partial charge on any atom is 0.304 e. The van der Waals surface area contributed by atoms with E-state index in [1.807, 2.05) is 42.5 Å². The van der Waals surface area contributed by atoms with Gasteiger partial charge in [-0.25, -0.2) is 0 Å². The normalized spacial score (nSPS) is 18.0. The number of hydrogen-bond donors (Lipinski definition) is 4. The van der Waals surface area contributed by atoms with E-state index in [0.29, 0.717) is 24.1 Å². The number of nitrogens with one attached hydrogen (secondary N) is 1. The van der Waals surface area contributed by atoms with E-state index in [9.17, 15) is 19.5 Å². The molecule has 1 heterocycles. The van der Waals surface area contributed by atoms with Gasteiger partial charge in [-0.3, -0.25) is 19.8 Å². The molecular formula is C28H36N4O7. The third kappa shape index (κ3) is 6.84. The lowest BCUT2D eigenvalue weighted by atomic mass is 9.80. The first-order valence-electron chi connectivity index (χ1n) is 11.9. The zero-order chi connectivity index (χ0) is 25.9. The van der Waals surface area contributed by atoms with Crippen molar-refractivity contribution < 1.29 is 35.9 Å². The SMILES string of the molecule is N=C(N)c1ccc2ccc(C(=O)[C@@H]3C[C@@](CN)(CC(=O)O)C(=O)N3CCCc3ccccc3)cc2c1.O.O.O. The Kier molecular flexibility index (Phi) is 11.4. The third-order valence-electron chi connectivity index (χ3n) is 7.00. The highest BCUT2D eigenvalue weighted by Crippen LogP contribution is 2.40. The van der Waals surface area contributed by atoms with Gasteiger partial charge in [0.25, 0.3) is 0 Å². The van der Waals surface area contributed by atoms with E-state index in [4.69, 9.17) is 16.9 Å². The van der Waals surface area contributed by atoms with Gasteiger partial charge in [0.1, 0.15) is 5.84 Å². The van der Waals surface area contributed by atoms with E-state index < -0.39 is 23.8 Å². The fourth-order valence-corrected chi connectivity index (χ4v) is 5.04. The predicted molar refractivity (Wildman–Crippen MR) is 149 cm³/mol. The van der Waals surface area contributed by atoms with Gasteiger partial charge in [0.05, 0.1) is 17.9 Å². The van der Waals surface area contributed by atoms with Gasteiger partial charge >= 0.3 is 5.97 Å². The number of benzene rings is 3. The number of carbonyl (C=O) groups is 3. The fourth-order valence-electron chi connectivity index (χ4n) is 5.04. The number of likely N-dealkylation sites (tertiary alicyclic amines) is 1. The molecule has 3 aromatic rings. The molecule has 2 atom stereocenters. The quantitative estimate of drug-likeness (QED) is 0.162. The van der Waals surface area contributed by atoms with Crippen LogP contribution in [0.3, 0.4) is 0 Å². The summed E-state index contributed by atoms with van der Waals surface area (Å²) in [6.45, 7) is 0.185. The summed E-state index contributed by atoms with van der Waals surface area (Å²) in [6.07, 6.45) is 1.00. The second-order valence-electron chi connectivity index (χ2n) is 9.42. The molecule has 11 heteroatoms. The average molecular weight is 541 g/mol. The molecule has 0 bridgehead atoms. The Hall–Kier alpha value is -4.16. The summed E-state index contributed by atoms with van der Waals surface area (Å²) in [7, 11) is 0. The zero-order valence-corrected chi connectivity index (χ0v) is 21.4. The number of aliphatic carboxylic acids is 1. The standard InChI is InChI=1S/C28H30N4O4.3H2O/c29-17-28(16-24(33)34)15-23(32(27(28)36)12-4-7-18-5-2-1-3-6-18)25(35)20-10-8-19-9-11-21(26(30)31)14-22(19)13-20;;;/h1-3,5-6,8-11,13-14,23H,4,7,12,15-17,29H2,(H3,30,31)(H,33,34);3*1H2/t23-,28-;;;/m0.../s1. The van der Waals surface area contributed by atoms with Crippen LogP contribution in [0.1, 0.15) is 40.7 Å². The number of Topliss-reactive ketones (excluding diaryl/α,β-unsaturated/α-hetero) is 1. The smallest absolute Gasteiger partial charge is 0.304 e. The van der Waals surface area contributed by atoms with Gasteiger partial charge in [0.15, 0.2) is 5.78 Å². The van der Waals surface area contributed by atoms with Crippen molar-refractivity contribution in [1.82, 2.24) is 4.90 Å². The van der Waals surface area contributed by atoms with Crippen molar-refractivity contribution in [2.75, 3.05) is 13.1 Å². The van der Waals surface area contributed by atoms with E-state index in [0.717, 1.165) is 22.8 Å². The van der Waals surface area contributed by atoms with Crippen LogP contribution < -0.4 is 11.5 Å². The Morgan fingerprint density at radius 1 is 0.974 bits per heavy atom. The van der Waals surface area contributed by atoms with Gasteiger partial charge < -0.3 is 37.9 Å². The van der Waals surface area contributed by atoms with Crippen molar-refractivity contribution in [3.8, 4) is 0 Å². The summed E-state index contributed by atoms with van der Waals surface area (Å²) in [5.41, 5.74) is 12.4. The number of nitrogens with two attached hydrogens (primary N) is 2. The van der Waals surface area contributed by atoms with Crippen LogP contribution in [0.25, 0.3) is 10.8 Å². The summed E-state index contributed by atoms with van der Waals surface area (Å²) in [5.74, 6) is -1.81. The molecule has 1 aliphatic heterocycles. The third-order valence-corrected chi connectivity index (χ3v) is 7.00. The first-order valence-corrected chi connectivity index (χ1v) is 11.9. The summed E-state index contributed by atoms with van der Waals surface area (Å²) in [6, 6.07) is 19.6. The number of nitrogens with zero attached hydrogens (tertiary/aromatic N) is 1. The highest BCUT2D eigenvalue weighted by atomic mass is 16.4. The van der Waals surface area contributed by atoms with Crippen molar-refractivity contribution >= 4 is 34.3 Å². The first kappa shape index (κ1) is 32.9. The Morgan fingerprint density at radius 3 is 2.18 bits per heavy atom. The monoisotopic (exact) mass is 540 g/mol. The molecule has 0 spiro atoms. The molecule has 3 aromatic carbocycles. The highest BCUT2D eigenvalue weighted by molar-refractivity contribution is 6.07. The number of ketones is 1. The maximum absolute atomic E-state index is 13.7. The van der Waals surface area contributed by atoms with E-state index >= 15 is 0 Å². The Labute approximate surface area is 225 Å². The number of carbonyl (C=O) groups excluding carboxylic acids is 2. The Bertz CT molecular complexity index is 1330. The van der Waals surface area contributed by atoms with Crippen molar-refractivity contribution in [1.29, 1.82) is 5.41 Å². The van der Waals surface area contributed by atoms with Crippen LogP contribution in [0.2, 0.25) is 0 Å². The maximum atomic E-state index is 13.7. The topological polar surface area (TPSA) is 245 Å². The lowest BCUT2D eigenvalue weighted by molar-refractivity contribution is -0.146. The summed E-state index contributed by atoms with van der Waals surface area (Å²) >= 11 is 0. The van der Waals surface area contributed by atoms with Gasteiger partial charge in [-0.05, 0) is 47.7 Å². The largest absolute Gasteiger partial charge is 0.481 e. The molecule has 1 saturated heterocycles. The van der Waals surface area contributed by atoms with Crippen LogP contribution in [0.4, 0.5) is 0 Å². The predicted octanol–water partition coefficient (Wildman–Crippen LogP) is 0.486. The summed E-state index contributed by atoms with van der Waals surface area (Å²) in [4.78, 5) is 40.4. The molecule has 0 saturated carbocycles. The molecule has 0 unspecified atom stereocenters. The van der Waals surface area contributed by atoms with Gasteiger partial charge in [0.2, 0.25) is 5.91 Å². The minimum absolute atomic E-state index is 0. The van der Waals surface area contributed by atoms with Gasteiger partial charge in [-0.15, -0.1) is 0 Å². The van der Waals surface area contributed by atoms with Gasteiger partial charge in [-0.2, -0.15) is 0 Å². The molecule has 1 aliphatic rings. The number of amides is 1. The number of fused-ring (bicyclic) bond motifs is 1. The molecule has 1 fully saturated rings. The van der Waals surface area contributed by atoms with E-state index in [-0.39, 0.29) is 46.9 Å². The molecule has 12 N–H and O–H groups in total. The van der Waals surface area contributed by atoms with E-state index in [2.05, 4.69) is 0 Å². The first-order chi connectivity index (χ1) is 17.2. The fraction of sp³-hybridized carbons (Fsp3) is 0.286. The number of rotatable bonds is 10. The van der Waals surface area contributed by atoms with Gasteiger partial charge in [-0.1, -0.05) is 54.6 Å². The lowest BCUT2D eigenvalue weighted by Crippen LogP contribution is -2.43. The number of amidine groups is 1. The minimum atomic E-state index is -1.31. The van der Waals surface area contributed by atoms with Crippen LogP contribution in [0.5, 0.6) is 0 Å². The molecular weight excluding hydrogens is 504 g/mol. The number of carboxylic acids is 1. The number of aryl methyl sites for hydroxylation is 1. The van der Waals surface area contributed by atoms with E-state index in [1.54, 1.807) is 24.3 Å². The number of nitrogen functional groups attached to an aromatic ring is 1. The van der Waals surface area contributed by atoms with Crippen molar-refractivity contribution in [3.05, 3.63) is 83.4 Å².